The number of nitrogens with two attached hydrogens (primary N) is 2. The van der Waals surface area contributed by atoms with Crippen LogP contribution in [0.25, 0.3) is 11.1 Å². The van der Waals surface area contributed by atoms with Crippen molar-refractivity contribution in [2.45, 2.75) is 12.8 Å². The number of hydrogen-bond acceptors (Lipinski definition) is 3. The van der Waals surface area contributed by atoms with Gasteiger partial charge in [0.25, 0.3) is 5.91 Å². The molecule has 2 aromatic rings. The third kappa shape index (κ3) is 5.71. The number of hydrogen-bond donors (Lipinski definition) is 2. The van der Waals surface area contributed by atoms with Crippen LogP contribution in [-0.4, -0.2) is 37.4 Å². The molecule has 0 spiro atoms. The fourth-order valence-corrected chi connectivity index (χ4v) is 3.94. The number of guanidine groups is 1. The lowest BCUT2D eigenvalue weighted by Crippen LogP contribution is -2.24. The van der Waals surface area contributed by atoms with Gasteiger partial charge >= 0.3 is 0 Å². The lowest BCUT2D eigenvalue weighted by molar-refractivity contribution is 0.100. The SMILES string of the molecule is CN(C)CCCc1cc(C(=O)N=C(N)N)cc(-c2cc(Cl)sc2Cl)c1. The summed E-state index contributed by atoms with van der Waals surface area (Å²) in [5.41, 5.74) is 13.7. The van der Waals surface area contributed by atoms with Crippen molar-refractivity contribution in [2.24, 2.45) is 16.5 Å². The predicted octanol–water partition coefficient (Wildman–Crippen LogP) is 3.63. The van der Waals surface area contributed by atoms with Gasteiger partial charge in [-0.1, -0.05) is 29.3 Å². The summed E-state index contributed by atoms with van der Waals surface area (Å²) in [5, 5.41) is 0. The normalized spacial score (nSPS) is 10.9. The Kier molecular flexibility index (Phi) is 6.84. The van der Waals surface area contributed by atoms with E-state index in [1.165, 1.54) is 11.3 Å². The number of halogens is 2. The second kappa shape index (κ2) is 8.67. The van der Waals surface area contributed by atoms with Crippen LogP contribution >= 0.6 is 34.5 Å². The van der Waals surface area contributed by atoms with E-state index >= 15 is 0 Å². The second-order valence-electron chi connectivity index (χ2n) is 5.91. The van der Waals surface area contributed by atoms with Crippen LogP contribution in [0.2, 0.25) is 8.67 Å². The fourth-order valence-electron chi connectivity index (χ4n) is 2.43. The molecule has 1 amide bonds. The molecule has 25 heavy (non-hydrogen) atoms. The molecule has 0 radical (unpaired) electrons. The fraction of sp³-hybridized carbons (Fsp3) is 0.294. The first-order chi connectivity index (χ1) is 11.8. The lowest BCUT2D eigenvalue weighted by atomic mass is 9.98. The summed E-state index contributed by atoms with van der Waals surface area (Å²) in [4.78, 5) is 18.0. The molecule has 0 aliphatic rings. The van der Waals surface area contributed by atoms with Crippen molar-refractivity contribution in [3.8, 4) is 11.1 Å². The Bertz CT molecular complexity index is 798. The van der Waals surface area contributed by atoms with Crippen molar-refractivity contribution < 1.29 is 4.79 Å². The highest BCUT2D eigenvalue weighted by molar-refractivity contribution is 7.20. The Morgan fingerprint density at radius 1 is 1.20 bits per heavy atom. The summed E-state index contributed by atoms with van der Waals surface area (Å²) in [5.74, 6) is -0.741. The minimum atomic E-state index is -0.479. The third-order valence-electron chi connectivity index (χ3n) is 3.51. The molecule has 134 valence electrons. The molecular formula is C17H20Cl2N4OS. The van der Waals surface area contributed by atoms with Gasteiger partial charge in [0, 0.05) is 11.1 Å². The zero-order valence-corrected chi connectivity index (χ0v) is 16.4. The maximum atomic E-state index is 12.3. The average molecular weight is 399 g/mol. The van der Waals surface area contributed by atoms with E-state index in [-0.39, 0.29) is 5.96 Å². The summed E-state index contributed by atoms with van der Waals surface area (Å²) in [6.07, 6.45) is 1.79. The van der Waals surface area contributed by atoms with Crippen molar-refractivity contribution in [3.05, 3.63) is 44.1 Å². The van der Waals surface area contributed by atoms with Crippen molar-refractivity contribution in [1.82, 2.24) is 4.90 Å². The smallest absolute Gasteiger partial charge is 0.280 e. The quantitative estimate of drug-likeness (QED) is 0.574. The molecule has 0 saturated heterocycles. The van der Waals surface area contributed by atoms with E-state index in [2.05, 4.69) is 9.89 Å². The second-order valence-corrected chi connectivity index (χ2v) is 8.19. The van der Waals surface area contributed by atoms with Gasteiger partial charge in [0.1, 0.15) is 4.34 Å². The maximum absolute atomic E-state index is 12.3. The summed E-state index contributed by atoms with van der Waals surface area (Å²) >= 11 is 13.6. The first-order valence-corrected chi connectivity index (χ1v) is 9.21. The highest BCUT2D eigenvalue weighted by Crippen LogP contribution is 2.38. The number of benzene rings is 1. The highest BCUT2D eigenvalue weighted by atomic mass is 35.5. The number of aliphatic imine (C=N–C) groups is 1. The number of aryl methyl sites for hydroxylation is 1. The monoisotopic (exact) mass is 398 g/mol. The van der Waals surface area contributed by atoms with E-state index in [0.29, 0.717) is 14.2 Å². The Morgan fingerprint density at radius 3 is 2.48 bits per heavy atom. The summed E-state index contributed by atoms with van der Waals surface area (Å²) in [7, 11) is 4.05. The molecule has 0 bridgehead atoms. The van der Waals surface area contributed by atoms with Crippen LogP contribution in [0.3, 0.4) is 0 Å². The average Bonchev–Trinajstić information content (AvgIpc) is 2.84. The van der Waals surface area contributed by atoms with Gasteiger partial charge in [-0.2, -0.15) is 4.99 Å². The number of rotatable bonds is 6. The summed E-state index contributed by atoms with van der Waals surface area (Å²) in [6.45, 7) is 0.951. The number of thiophene rings is 1. The molecule has 1 heterocycles. The van der Waals surface area contributed by atoms with Crippen LogP contribution in [0.5, 0.6) is 0 Å². The van der Waals surface area contributed by atoms with E-state index in [1.54, 1.807) is 12.1 Å². The Morgan fingerprint density at radius 2 is 1.92 bits per heavy atom. The molecule has 0 saturated carbocycles. The molecule has 0 aliphatic heterocycles. The van der Waals surface area contributed by atoms with Gasteiger partial charge in [0.05, 0.1) is 4.34 Å². The molecule has 0 aliphatic carbocycles. The van der Waals surface area contributed by atoms with Crippen LogP contribution in [0, 0.1) is 0 Å². The van der Waals surface area contributed by atoms with Crippen molar-refractivity contribution in [1.29, 1.82) is 0 Å². The molecule has 0 unspecified atom stereocenters. The first kappa shape index (κ1) is 19.7. The van der Waals surface area contributed by atoms with Gasteiger partial charge < -0.3 is 16.4 Å². The number of carbonyl (C=O) groups excluding carboxylic acids is 1. The van der Waals surface area contributed by atoms with Gasteiger partial charge in [-0.25, -0.2) is 0 Å². The first-order valence-electron chi connectivity index (χ1n) is 7.64. The molecule has 4 N–H and O–H groups in total. The van der Waals surface area contributed by atoms with E-state index in [4.69, 9.17) is 34.7 Å². The van der Waals surface area contributed by atoms with Gasteiger partial charge in [0.2, 0.25) is 0 Å². The van der Waals surface area contributed by atoms with Crippen LogP contribution in [0.4, 0.5) is 0 Å². The molecular weight excluding hydrogens is 379 g/mol. The molecule has 0 atom stereocenters. The molecule has 1 aromatic carbocycles. The van der Waals surface area contributed by atoms with E-state index < -0.39 is 5.91 Å². The minimum Gasteiger partial charge on any atom is -0.370 e. The van der Waals surface area contributed by atoms with Crippen molar-refractivity contribution in [2.75, 3.05) is 20.6 Å². The van der Waals surface area contributed by atoms with Crippen LogP contribution in [0.1, 0.15) is 22.3 Å². The summed E-state index contributed by atoms with van der Waals surface area (Å²) in [6, 6.07) is 7.36. The molecule has 5 nitrogen and oxygen atoms in total. The van der Waals surface area contributed by atoms with E-state index in [0.717, 1.165) is 36.1 Å². The molecule has 0 fully saturated rings. The van der Waals surface area contributed by atoms with E-state index in [9.17, 15) is 4.79 Å². The molecule has 1 aromatic heterocycles. The van der Waals surface area contributed by atoms with Crippen LogP contribution < -0.4 is 11.5 Å². The third-order valence-corrected chi connectivity index (χ3v) is 5.00. The van der Waals surface area contributed by atoms with Gasteiger partial charge in [0.15, 0.2) is 5.96 Å². The highest BCUT2D eigenvalue weighted by Gasteiger charge is 2.14. The Labute approximate surface area is 161 Å². The summed E-state index contributed by atoms with van der Waals surface area (Å²) < 4.78 is 1.17. The van der Waals surface area contributed by atoms with Gasteiger partial charge in [-0.05, 0) is 62.8 Å². The standard InChI is InChI=1S/C17H20Cl2N4OS/c1-23(2)5-3-4-10-6-11(13-9-14(18)25-15(13)19)8-12(7-10)16(24)22-17(20)21/h6-9H,3-5H2,1-2H3,(H4,20,21,22,24). The zero-order chi connectivity index (χ0) is 18.6. The molecule has 2 rings (SSSR count). The minimum absolute atomic E-state index is 0.263. The topological polar surface area (TPSA) is 84.7 Å². The molecule has 8 heteroatoms. The zero-order valence-electron chi connectivity index (χ0n) is 14.1. The van der Waals surface area contributed by atoms with Crippen LogP contribution in [-0.2, 0) is 6.42 Å². The van der Waals surface area contributed by atoms with Crippen LogP contribution in [0.15, 0.2) is 29.3 Å². The lowest BCUT2D eigenvalue weighted by Gasteiger charge is -2.11. The Hall–Kier alpha value is -1.60. The van der Waals surface area contributed by atoms with Gasteiger partial charge in [-0.15, -0.1) is 11.3 Å². The number of amides is 1. The predicted molar refractivity (Wildman–Crippen MR) is 107 cm³/mol. The van der Waals surface area contributed by atoms with Gasteiger partial charge in [-0.3, -0.25) is 4.79 Å². The van der Waals surface area contributed by atoms with E-state index in [1.807, 2.05) is 26.2 Å². The number of nitrogens with zero attached hydrogens (tertiary/aromatic N) is 2. The Balaban J connectivity index is 2.42. The maximum Gasteiger partial charge on any atom is 0.280 e. The van der Waals surface area contributed by atoms with Crippen molar-refractivity contribution in [3.63, 3.8) is 0 Å². The van der Waals surface area contributed by atoms with Crippen molar-refractivity contribution >= 4 is 46.4 Å². The number of carbonyl (C=O) groups is 1. The largest absolute Gasteiger partial charge is 0.370 e.